The average molecular weight is 1960 g/mol. The largest absolute Gasteiger partial charge is 0.335 e. The predicted molar refractivity (Wildman–Crippen MR) is 562 cm³/mol. The fraction of sp³-hybridized carbons (Fsp3) is 0.107. The molecule has 0 unspecified atom stereocenters. The lowest BCUT2D eigenvalue weighted by Gasteiger charge is -2.09. The van der Waals surface area contributed by atoms with Gasteiger partial charge in [0.2, 0.25) is 23.6 Å². The van der Waals surface area contributed by atoms with Crippen LogP contribution in [0.25, 0.3) is 223 Å². The normalized spacial score (nSPS) is 11.8. The molecule has 1 saturated carbocycles. The van der Waals surface area contributed by atoms with Gasteiger partial charge in [-0.25, -0.2) is 37.5 Å². The molecule has 12 N–H and O–H groups in total. The van der Waals surface area contributed by atoms with E-state index >= 15 is 0 Å². The van der Waals surface area contributed by atoms with Crippen molar-refractivity contribution in [3.05, 3.63) is 317 Å². The van der Waals surface area contributed by atoms with Crippen LogP contribution in [-0.4, -0.2) is 144 Å². The van der Waals surface area contributed by atoms with Crippen molar-refractivity contribution in [1.82, 2.24) is 121 Å². The maximum absolute atomic E-state index is 14.5. The molecule has 4 amide bonds. The van der Waals surface area contributed by atoms with Gasteiger partial charge in [0.1, 0.15) is 62.6 Å². The Balaban J connectivity index is 0.000000112. The van der Waals surface area contributed by atoms with E-state index in [9.17, 15) is 36.7 Å². The summed E-state index contributed by atoms with van der Waals surface area (Å²) < 4.78 is 57.4. The summed E-state index contributed by atoms with van der Waals surface area (Å²) in [6.07, 6.45) is 31.2. The van der Waals surface area contributed by atoms with Crippen LogP contribution in [-0.2, 0) is 19.2 Å². The topological polar surface area (TPSA) is 449 Å². The second-order valence-electron chi connectivity index (χ2n) is 35.8. The lowest BCUT2D eigenvalue weighted by molar-refractivity contribution is -0.119. The average Bonchev–Trinajstić information content (AvgIpc) is 1.62. The van der Waals surface area contributed by atoms with Crippen LogP contribution in [0.2, 0.25) is 0 Å². The number of anilines is 4. The Morgan fingerprint density at radius 2 is 0.635 bits per heavy atom. The quantitative estimate of drug-likeness (QED) is 0.0280. The molecule has 25 rings (SSSR count). The number of hydrogen-bond acceptors (Lipinski definition) is 20. The third kappa shape index (κ3) is 19.5. The number of nitrogens with one attached hydrogen (secondary N) is 12. The van der Waals surface area contributed by atoms with Crippen molar-refractivity contribution in [3.8, 4) is 135 Å². The molecule has 16 aromatic heterocycles. The highest BCUT2D eigenvalue weighted by molar-refractivity contribution is 6.05. The SMILES string of the molecule is CC(C)C(=O)Nc1cncc(-c2ccc3[nH]nc(-c4nc5c(-c6ccccc6F)cncc5[nH]4)c3c2)c1.CCC(=O)Nc1cncc(-c2ccc3[nH]nc(-c4nc5c(-c6ccccc6F)cncc5[nH]4)c3c2)c1.CCCC(=O)Nc1cncc(-c2ccc3[nH]nc(-c4nc5c(-c6ccccc6F)cncc5[nH]4)c3c2)c1.O=C(CC1CC1)Nc1cncc(-c2ccc3[nH]nc(-c4nc5c(-c6cccc(F)c6)cncc5[nH]4)c3c2)c1. The number of carbonyl (C=O) groups is 4. The number of nitrogens with zero attached hydrogens (tertiary/aromatic N) is 16. The molecule has 726 valence electrons. The standard InChI is InChI=1S/C29H22FN7O.2C28H22FN7O.C27H20FN7O/c30-20-3-1-2-18(9-20)23-14-32-15-25-27(23)35-29(34-25)28-22-11-17(6-7-24(22)36-37-28)19-10-21(13-31-12-19)33-26(38)8-16-4-5-16;1-15(2)28(37)32-18-9-17(11-30-12-18)16-7-8-23-20(10-16)26(36-35-23)27-33-24-14-31-13-21(25(24)34-27)19-5-3-4-6-22(19)29;1-2-5-25(37)32-18-10-17(12-30-13-18)16-8-9-23-20(11-16)27(36-35-23)28-33-24-15-31-14-21(26(24)34-28)19-6-3-4-7-22(19)29;1-2-24(36)31-17-9-16(11-29-12-17)15-7-8-22-19(10-15)26(35-34-22)27-32-23-14-30-13-20(25(23)33-27)18-5-3-4-6-21(18)28/h1-3,6-7,9-16H,4-5,8H2,(H,33,38)(H,34,35)(H,36,37);3-15H,1-2H3,(H,32,37)(H,33,34)(H,35,36);3-4,6-15H,2,5H2,1H3,(H,32,37)(H,33,34)(H,35,36);3-14H,2H2,1H3,(H,31,36)(H,32,33)(H,34,35). The number of halogens is 4. The van der Waals surface area contributed by atoms with E-state index in [1.807, 2.05) is 124 Å². The second kappa shape index (κ2) is 40.4. The highest BCUT2D eigenvalue weighted by atomic mass is 19.1. The van der Waals surface area contributed by atoms with E-state index in [0.717, 1.165) is 118 Å². The van der Waals surface area contributed by atoms with Crippen LogP contribution in [0.15, 0.2) is 293 Å². The molecule has 0 saturated heterocycles. The Morgan fingerprint density at radius 3 is 0.966 bits per heavy atom. The number of carbonyl (C=O) groups excluding carboxylic acids is 4. The van der Waals surface area contributed by atoms with Crippen molar-refractivity contribution >= 4 is 134 Å². The molecule has 0 aliphatic heterocycles. The zero-order chi connectivity index (χ0) is 101. The molecular formula is C112H86F4N28O4. The van der Waals surface area contributed by atoms with Gasteiger partial charge < -0.3 is 41.2 Å². The molecule has 0 atom stereocenters. The minimum absolute atomic E-state index is 0.0241. The van der Waals surface area contributed by atoms with E-state index in [2.05, 4.69) is 122 Å². The minimum Gasteiger partial charge on any atom is -0.335 e. The van der Waals surface area contributed by atoms with E-state index < -0.39 is 0 Å². The van der Waals surface area contributed by atoms with E-state index in [1.54, 1.807) is 167 Å². The third-order valence-corrected chi connectivity index (χ3v) is 25.3. The molecular weight excluding hydrogens is 1880 g/mol. The van der Waals surface area contributed by atoms with Gasteiger partial charge in [0.25, 0.3) is 0 Å². The van der Waals surface area contributed by atoms with Crippen molar-refractivity contribution in [2.24, 2.45) is 11.8 Å². The number of aromatic nitrogens is 24. The smallest absolute Gasteiger partial charge is 0.226 e. The van der Waals surface area contributed by atoms with Crippen LogP contribution in [0.5, 0.6) is 0 Å². The first-order valence-electron chi connectivity index (χ1n) is 47.6. The second-order valence-corrected chi connectivity index (χ2v) is 35.8. The zero-order valence-corrected chi connectivity index (χ0v) is 79.4. The van der Waals surface area contributed by atoms with Gasteiger partial charge in [-0.15, -0.1) is 0 Å². The highest BCUT2D eigenvalue weighted by Crippen LogP contribution is 2.42. The molecule has 148 heavy (non-hydrogen) atoms. The number of fused-ring (bicyclic) bond motifs is 8. The lowest BCUT2D eigenvalue weighted by Crippen LogP contribution is -2.17. The fourth-order valence-electron chi connectivity index (χ4n) is 17.6. The van der Waals surface area contributed by atoms with Gasteiger partial charge in [0.05, 0.1) is 122 Å². The molecule has 0 radical (unpaired) electrons. The molecule has 24 aromatic rings. The summed E-state index contributed by atoms with van der Waals surface area (Å²) in [6.45, 7) is 7.45. The fourth-order valence-corrected chi connectivity index (χ4v) is 17.6. The number of aromatic amines is 8. The number of rotatable bonds is 22. The summed E-state index contributed by atoms with van der Waals surface area (Å²) >= 11 is 0. The first-order valence-corrected chi connectivity index (χ1v) is 47.6. The van der Waals surface area contributed by atoms with Gasteiger partial charge in [-0.05, 0) is 156 Å². The van der Waals surface area contributed by atoms with Crippen molar-refractivity contribution in [2.45, 2.75) is 66.2 Å². The Hall–Kier alpha value is -19.7. The summed E-state index contributed by atoms with van der Waals surface area (Å²) in [5.41, 5.74) is 25.5. The number of pyridine rings is 8. The Morgan fingerprint density at radius 1 is 0.311 bits per heavy atom. The number of hydrogen-bond donors (Lipinski definition) is 12. The molecule has 1 aliphatic carbocycles. The van der Waals surface area contributed by atoms with Crippen molar-refractivity contribution in [2.75, 3.05) is 21.3 Å². The third-order valence-electron chi connectivity index (χ3n) is 25.3. The molecule has 32 nitrogen and oxygen atoms in total. The van der Waals surface area contributed by atoms with E-state index in [0.29, 0.717) is 172 Å². The highest BCUT2D eigenvalue weighted by Gasteiger charge is 2.28. The Kier molecular flexibility index (Phi) is 25.5. The number of amides is 4. The summed E-state index contributed by atoms with van der Waals surface area (Å²) in [6, 6.07) is 57.4. The monoisotopic (exact) mass is 1960 g/mol. The van der Waals surface area contributed by atoms with Crippen LogP contribution in [0.1, 0.15) is 66.2 Å². The van der Waals surface area contributed by atoms with Crippen LogP contribution >= 0.6 is 0 Å². The molecule has 1 fully saturated rings. The van der Waals surface area contributed by atoms with Crippen LogP contribution in [0.4, 0.5) is 40.3 Å². The molecule has 1 aliphatic rings. The van der Waals surface area contributed by atoms with Gasteiger partial charge in [-0.1, -0.05) is 119 Å². The van der Waals surface area contributed by atoms with Crippen molar-refractivity contribution < 1.29 is 36.7 Å². The van der Waals surface area contributed by atoms with Gasteiger partial charge in [0.15, 0.2) is 23.3 Å². The van der Waals surface area contributed by atoms with Crippen LogP contribution < -0.4 is 21.3 Å². The minimum atomic E-state index is -0.336. The van der Waals surface area contributed by atoms with Crippen LogP contribution in [0, 0.1) is 35.1 Å². The van der Waals surface area contributed by atoms with Gasteiger partial charge >= 0.3 is 0 Å². The molecule has 0 bridgehead atoms. The summed E-state index contributed by atoms with van der Waals surface area (Å²) in [4.78, 5) is 115. The number of imidazole rings is 4. The van der Waals surface area contributed by atoms with Crippen molar-refractivity contribution in [3.63, 3.8) is 0 Å². The van der Waals surface area contributed by atoms with Gasteiger partial charge in [0, 0.05) is 157 Å². The first kappa shape index (κ1) is 93.3. The maximum Gasteiger partial charge on any atom is 0.226 e. The lowest BCUT2D eigenvalue weighted by atomic mass is 10.0. The zero-order valence-electron chi connectivity index (χ0n) is 79.4. The van der Waals surface area contributed by atoms with E-state index in [1.165, 1.54) is 30.3 Å². The van der Waals surface area contributed by atoms with Crippen molar-refractivity contribution in [1.29, 1.82) is 0 Å². The molecule has 16 heterocycles. The number of H-pyrrole nitrogens is 8. The first-order chi connectivity index (χ1) is 72.3. The molecule has 0 spiro atoms. The maximum atomic E-state index is 14.5. The Labute approximate surface area is 837 Å². The van der Waals surface area contributed by atoms with Gasteiger partial charge in [-0.3, -0.25) is 79.4 Å². The summed E-state index contributed by atoms with van der Waals surface area (Å²) in [5.74, 6) is 1.11. The van der Waals surface area contributed by atoms with Crippen LogP contribution in [0.3, 0.4) is 0 Å². The molecule has 36 heteroatoms. The number of benzene rings is 8. The summed E-state index contributed by atoms with van der Waals surface area (Å²) in [7, 11) is 0. The molecule has 8 aromatic carbocycles. The Bertz CT molecular complexity index is 9250. The van der Waals surface area contributed by atoms with Gasteiger partial charge in [-0.2, -0.15) is 20.4 Å². The van der Waals surface area contributed by atoms with E-state index in [4.69, 9.17) is 19.9 Å². The summed E-state index contributed by atoms with van der Waals surface area (Å²) in [5, 5.41) is 45.3. The predicted octanol–water partition coefficient (Wildman–Crippen LogP) is 23.9. The van der Waals surface area contributed by atoms with E-state index in [-0.39, 0.29) is 52.8 Å².